The maximum Gasteiger partial charge on any atom is 0.166 e. The molecule has 0 amide bonds. The molecule has 1 rings (SSSR count). The van der Waals surface area contributed by atoms with Crippen molar-refractivity contribution in [1.82, 2.24) is 0 Å². The summed E-state index contributed by atoms with van der Waals surface area (Å²) in [5, 5.41) is 0. The quantitative estimate of drug-likeness (QED) is 0.379. The molecule has 1 aromatic heterocycles. The van der Waals surface area contributed by atoms with Crippen molar-refractivity contribution in [1.29, 1.82) is 0 Å². The fourth-order valence-corrected chi connectivity index (χ4v) is 2.41. The predicted molar refractivity (Wildman–Crippen MR) is 79.6 cm³/mol. The molecular formula is C17H28O2. The van der Waals surface area contributed by atoms with Crippen molar-refractivity contribution in [3.63, 3.8) is 0 Å². The van der Waals surface area contributed by atoms with Gasteiger partial charge in [-0.15, -0.1) is 0 Å². The number of carbonyl (C=O) groups excluding carboxylic acids is 1. The van der Waals surface area contributed by atoms with Crippen molar-refractivity contribution in [3.8, 4) is 0 Å². The Labute approximate surface area is 117 Å². The summed E-state index contributed by atoms with van der Waals surface area (Å²) in [4.78, 5) is 11.9. The van der Waals surface area contributed by atoms with Gasteiger partial charge in [0.1, 0.15) is 5.76 Å². The summed E-state index contributed by atoms with van der Waals surface area (Å²) >= 11 is 0. The highest BCUT2D eigenvalue weighted by molar-refractivity contribution is 5.96. The minimum absolute atomic E-state index is 0.231. The van der Waals surface area contributed by atoms with Crippen LogP contribution in [0.4, 0.5) is 0 Å². The molecule has 0 saturated carbocycles. The van der Waals surface area contributed by atoms with Gasteiger partial charge in [0, 0.05) is 6.42 Å². The average molecular weight is 264 g/mol. The van der Waals surface area contributed by atoms with E-state index in [2.05, 4.69) is 6.92 Å². The summed E-state index contributed by atoms with van der Waals surface area (Å²) in [5.74, 6) is 0.982. The Morgan fingerprint density at radius 1 is 1.00 bits per heavy atom. The summed E-state index contributed by atoms with van der Waals surface area (Å²) in [6, 6.07) is 1.78. The van der Waals surface area contributed by atoms with Gasteiger partial charge >= 0.3 is 0 Å². The highest BCUT2D eigenvalue weighted by Crippen LogP contribution is 2.15. The number of furan rings is 1. The lowest BCUT2D eigenvalue weighted by molar-refractivity contribution is 0.0977. The molecule has 0 unspecified atom stereocenters. The molecule has 1 aromatic rings. The first-order valence-corrected chi connectivity index (χ1v) is 7.83. The number of rotatable bonds is 11. The highest BCUT2D eigenvalue weighted by Gasteiger charge is 2.10. The number of hydrogen-bond donors (Lipinski definition) is 0. The smallest absolute Gasteiger partial charge is 0.166 e. The van der Waals surface area contributed by atoms with Crippen molar-refractivity contribution in [2.24, 2.45) is 0 Å². The summed E-state index contributed by atoms with van der Waals surface area (Å²) in [7, 11) is 0. The van der Waals surface area contributed by atoms with E-state index in [-0.39, 0.29) is 5.78 Å². The monoisotopic (exact) mass is 264 g/mol. The van der Waals surface area contributed by atoms with Gasteiger partial charge in [-0.1, -0.05) is 58.3 Å². The molecule has 0 aliphatic rings. The standard InChI is InChI=1S/C17H28O2/c1-3-4-5-6-7-8-9-10-11-12-17(18)16-13-14-19-15(16)2/h13-14H,3-12H2,1-2H3. The van der Waals surface area contributed by atoms with Crippen LogP contribution in [0.3, 0.4) is 0 Å². The zero-order valence-corrected chi connectivity index (χ0v) is 12.5. The average Bonchev–Trinajstić information content (AvgIpc) is 2.83. The van der Waals surface area contributed by atoms with Crippen molar-refractivity contribution >= 4 is 5.78 Å². The zero-order chi connectivity index (χ0) is 13.9. The maximum absolute atomic E-state index is 11.9. The van der Waals surface area contributed by atoms with Crippen LogP contribution in [0, 0.1) is 6.92 Å². The lowest BCUT2D eigenvalue weighted by Gasteiger charge is -2.02. The van der Waals surface area contributed by atoms with Crippen LogP contribution in [0.25, 0.3) is 0 Å². The Hall–Kier alpha value is -1.05. The van der Waals surface area contributed by atoms with Gasteiger partial charge in [0.25, 0.3) is 0 Å². The SMILES string of the molecule is CCCCCCCCCCCC(=O)c1ccoc1C. The Morgan fingerprint density at radius 3 is 2.11 bits per heavy atom. The molecule has 2 nitrogen and oxygen atoms in total. The molecular weight excluding hydrogens is 236 g/mol. The van der Waals surface area contributed by atoms with Gasteiger partial charge in [-0.05, 0) is 19.4 Å². The summed E-state index contributed by atoms with van der Waals surface area (Å²) in [6.45, 7) is 4.10. The molecule has 0 N–H and O–H groups in total. The Bertz CT molecular complexity index is 352. The number of Topliss-reactive ketones (excluding diaryl/α,β-unsaturated/α-hetero) is 1. The number of hydrogen-bond acceptors (Lipinski definition) is 2. The minimum Gasteiger partial charge on any atom is -0.469 e. The summed E-state index contributed by atoms with van der Waals surface area (Å²) in [6.07, 6.45) is 13.8. The van der Waals surface area contributed by atoms with Gasteiger partial charge in [-0.3, -0.25) is 4.79 Å². The normalized spacial score (nSPS) is 10.8. The molecule has 1 heterocycles. The van der Waals surface area contributed by atoms with E-state index in [1.807, 2.05) is 6.92 Å². The molecule has 0 radical (unpaired) electrons. The lowest BCUT2D eigenvalue weighted by Crippen LogP contribution is -1.98. The van der Waals surface area contributed by atoms with E-state index in [4.69, 9.17) is 4.42 Å². The first-order chi connectivity index (χ1) is 9.25. The Kier molecular flexibility index (Phi) is 8.28. The molecule has 19 heavy (non-hydrogen) atoms. The van der Waals surface area contributed by atoms with Crippen LogP contribution in [0.5, 0.6) is 0 Å². The number of carbonyl (C=O) groups is 1. The molecule has 0 spiro atoms. The summed E-state index contributed by atoms with van der Waals surface area (Å²) in [5.41, 5.74) is 0.763. The second kappa shape index (κ2) is 9.82. The highest BCUT2D eigenvalue weighted by atomic mass is 16.3. The largest absolute Gasteiger partial charge is 0.469 e. The van der Waals surface area contributed by atoms with E-state index in [0.717, 1.165) is 17.7 Å². The summed E-state index contributed by atoms with van der Waals surface area (Å²) < 4.78 is 5.16. The topological polar surface area (TPSA) is 30.2 Å². The number of unbranched alkanes of at least 4 members (excludes halogenated alkanes) is 8. The van der Waals surface area contributed by atoms with E-state index < -0.39 is 0 Å². The van der Waals surface area contributed by atoms with E-state index in [1.165, 1.54) is 51.4 Å². The Morgan fingerprint density at radius 2 is 1.58 bits per heavy atom. The number of aryl methyl sites for hydroxylation is 1. The van der Waals surface area contributed by atoms with Crippen LogP contribution in [-0.4, -0.2) is 5.78 Å². The molecule has 0 saturated heterocycles. The van der Waals surface area contributed by atoms with Crippen molar-refractivity contribution < 1.29 is 9.21 Å². The van der Waals surface area contributed by atoms with Crippen LogP contribution in [0.1, 0.15) is 87.3 Å². The molecule has 0 fully saturated rings. The fraction of sp³-hybridized carbons (Fsp3) is 0.706. The first kappa shape index (κ1) is 16.0. The van der Waals surface area contributed by atoms with E-state index in [9.17, 15) is 4.79 Å². The molecule has 0 aromatic carbocycles. The Balaban J connectivity index is 1.96. The lowest BCUT2D eigenvalue weighted by atomic mass is 10.0. The third-order valence-electron chi connectivity index (χ3n) is 3.67. The van der Waals surface area contributed by atoms with Crippen LogP contribution in [0.2, 0.25) is 0 Å². The van der Waals surface area contributed by atoms with Crippen LogP contribution in [-0.2, 0) is 0 Å². The molecule has 108 valence electrons. The van der Waals surface area contributed by atoms with Gasteiger partial charge in [0.05, 0.1) is 11.8 Å². The maximum atomic E-state index is 11.9. The molecule has 0 aliphatic carbocycles. The number of ketones is 1. The zero-order valence-electron chi connectivity index (χ0n) is 12.5. The van der Waals surface area contributed by atoms with Gasteiger partial charge in [0.15, 0.2) is 5.78 Å². The second-order valence-electron chi connectivity index (χ2n) is 5.39. The third kappa shape index (κ3) is 6.60. The molecule has 0 aliphatic heterocycles. The van der Waals surface area contributed by atoms with E-state index in [1.54, 1.807) is 12.3 Å². The van der Waals surface area contributed by atoms with Gasteiger partial charge in [-0.2, -0.15) is 0 Å². The third-order valence-corrected chi connectivity index (χ3v) is 3.67. The first-order valence-electron chi connectivity index (χ1n) is 7.83. The van der Waals surface area contributed by atoms with Gasteiger partial charge in [-0.25, -0.2) is 0 Å². The minimum atomic E-state index is 0.231. The second-order valence-corrected chi connectivity index (χ2v) is 5.39. The van der Waals surface area contributed by atoms with Crippen LogP contribution in [0.15, 0.2) is 16.7 Å². The van der Waals surface area contributed by atoms with Crippen LogP contribution >= 0.6 is 0 Å². The predicted octanol–water partition coefficient (Wildman–Crippen LogP) is 5.69. The molecule has 0 bridgehead atoms. The van der Waals surface area contributed by atoms with Gasteiger partial charge in [0.2, 0.25) is 0 Å². The molecule has 0 atom stereocenters. The van der Waals surface area contributed by atoms with Crippen molar-refractivity contribution in [2.75, 3.05) is 0 Å². The fourth-order valence-electron chi connectivity index (χ4n) is 2.41. The van der Waals surface area contributed by atoms with E-state index >= 15 is 0 Å². The van der Waals surface area contributed by atoms with Crippen molar-refractivity contribution in [3.05, 3.63) is 23.7 Å². The van der Waals surface area contributed by atoms with Gasteiger partial charge < -0.3 is 4.42 Å². The molecule has 2 heteroatoms. The van der Waals surface area contributed by atoms with Crippen LogP contribution < -0.4 is 0 Å². The van der Waals surface area contributed by atoms with E-state index in [0.29, 0.717) is 6.42 Å². The van der Waals surface area contributed by atoms with Crippen molar-refractivity contribution in [2.45, 2.75) is 78.1 Å².